The molecule has 0 saturated carbocycles. The molecule has 4 rings (SSSR count). The minimum Gasteiger partial charge on any atom is -0.337 e. The Morgan fingerprint density at radius 2 is 2.12 bits per heavy atom. The van der Waals surface area contributed by atoms with Crippen LogP contribution in [0.1, 0.15) is 26.5 Å². The van der Waals surface area contributed by atoms with Gasteiger partial charge in [0.2, 0.25) is 0 Å². The normalized spacial score (nSPS) is 23.7. The van der Waals surface area contributed by atoms with Gasteiger partial charge in [-0.1, -0.05) is 6.07 Å². The second-order valence-corrected chi connectivity index (χ2v) is 8.29. The first-order valence-electron chi connectivity index (χ1n) is 8.42. The molecule has 2 saturated heterocycles. The Labute approximate surface area is 145 Å². The highest BCUT2D eigenvalue weighted by molar-refractivity contribution is 7.11. The average molecular weight is 344 g/mol. The molecule has 0 N–H and O–H groups in total. The Hall–Kier alpha value is -1.72. The average Bonchev–Trinajstić information content (AvgIpc) is 3.09. The number of rotatable bonds is 3. The number of amides is 1. The van der Waals surface area contributed by atoms with Gasteiger partial charge in [0.1, 0.15) is 5.82 Å². The summed E-state index contributed by atoms with van der Waals surface area (Å²) in [6.07, 6.45) is 1.16. The van der Waals surface area contributed by atoms with E-state index in [4.69, 9.17) is 0 Å². The van der Waals surface area contributed by atoms with E-state index in [-0.39, 0.29) is 11.7 Å². The van der Waals surface area contributed by atoms with Crippen LogP contribution in [0.2, 0.25) is 0 Å². The third-order valence-electron chi connectivity index (χ3n) is 5.04. The molecule has 0 unspecified atom stereocenters. The van der Waals surface area contributed by atoms with Gasteiger partial charge in [-0.3, -0.25) is 9.69 Å². The number of carbonyl (C=O) groups excluding carboxylic acids is 1. The summed E-state index contributed by atoms with van der Waals surface area (Å²) in [5.74, 6) is 0.135. The topological polar surface area (TPSA) is 23.6 Å². The van der Waals surface area contributed by atoms with Crippen molar-refractivity contribution in [1.29, 1.82) is 0 Å². The lowest BCUT2D eigenvalue weighted by Crippen LogP contribution is -2.45. The van der Waals surface area contributed by atoms with Crippen LogP contribution in [-0.4, -0.2) is 41.4 Å². The highest BCUT2D eigenvalue weighted by atomic mass is 32.1. The van der Waals surface area contributed by atoms with Gasteiger partial charge in [0.05, 0.1) is 0 Å². The fraction of sp³-hybridized carbons (Fsp3) is 0.421. The zero-order valence-corrected chi connectivity index (χ0v) is 14.6. The molecule has 1 amide bonds. The van der Waals surface area contributed by atoms with Gasteiger partial charge >= 0.3 is 0 Å². The summed E-state index contributed by atoms with van der Waals surface area (Å²) in [7, 11) is 0. The zero-order chi connectivity index (χ0) is 16.7. The van der Waals surface area contributed by atoms with Gasteiger partial charge in [-0.2, -0.15) is 0 Å². The molecule has 1 aromatic heterocycles. The third-order valence-corrected chi connectivity index (χ3v) is 6.02. The minimum atomic E-state index is -0.351. The van der Waals surface area contributed by atoms with Crippen molar-refractivity contribution < 1.29 is 9.18 Å². The smallest absolute Gasteiger partial charge is 0.254 e. The first-order valence-corrected chi connectivity index (χ1v) is 9.24. The SMILES string of the molecule is Cc1ccc(CN2C[C@H]3C[C@H]2CN(C(=O)c2cccc(F)c2)C3)s1. The van der Waals surface area contributed by atoms with Gasteiger partial charge in [0, 0.05) is 47.5 Å². The molecule has 2 atom stereocenters. The number of nitrogens with zero attached hydrogens (tertiary/aromatic N) is 2. The van der Waals surface area contributed by atoms with Crippen LogP contribution in [0.25, 0.3) is 0 Å². The van der Waals surface area contributed by atoms with E-state index in [1.807, 2.05) is 16.2 Å². The summed E-state index contributed by atoms with van der Waals surface area (Å²) in [4.78, 5) is 19.8. The van der Waals surface area contributed by atoms with Crippen molar-refractivity contribution >= 4 is 17.2 Å². The van der Waals surface area contributed by atoms with Gasteiger partial charge in [0.25, 0.3) is 5.91 Å². The zero-order valence-electron chi connectivity index (χ0n) is 13.7. The Morgan fingerprint density at radius 3 is 2.88 bits per heavy atom. The van der Waals surface area contributed by atoms with Crippen LogP contribution < -0.4 is 0 Å². The first kappa shape index (κ1) is 15.8. The number of likely N-dealkylation sites (tertiary alicyclic amines) is 2. The summed E-state index contributed by atoms with van der Waals surface area (Å²) < 4.78 is 13.4. The van der Waals surface area contributed by atoms with Gasteiger partial charge in [-0.25, -0.2) is 4.39 Å². The van der Waals surface area contributed by atoms with Gasteiger partial charge < -0.3 is 4.90 Å². The van der Waals surface area contributed by atoms with Crippen molar-refractivity contribution in [3.8, 4) is 0 Å². The minimum absolute atomic E-state index is 0.0435. The van der Waals surface area contributed by atoms with Crippen LogP contribution >= 0.6 is 11.3 Å². The van der Waals surface area contributed by atoms with E-state index in [9.17, 15) is 9.18 Å². The Balaban J connectivity index is 1.45. The number of benzene rings is 1. The van der Waals surface area contributed by atoms with Gasteiger partial charge in [-0.15, -0.1) is 11.3 Å². The van der Waals surface area contributed by atoms with E-state index < -0.39 is 0 Å². The molecule has 2 bridgehead atoms. The lowest BCUT2D eigenvalue weighted by atomic mass is 9.99. The third kappa shape index (κ3) is 3.10. The molecule has 126 valence electrons. The van der Waals surface area contributed by atoms with Crippen molar-refractivity contribution in [1.82, 2.24) is 9.80 Å². The molecule has 3 heterocycles. The van der Waals surface area contributed by atoms with Crippen molar-refractivity contribution in [2.45, 2.75) is 25.9 Å². The maximum atomic E-state index is 13.4. The number of carbonyl (C=O) groups is 1. The second kappa shape index (κ2) is 6.30. The number of aryl methyl sites for hydroxylation is 1. The predicted octanol–water partition coefficient (Wildman–Crippen LogP) is 3.54. The number of fused-ring (bicyclic) bond motifs is 2. The van der Waals surface area contributed by atoms with E-state index in [2.05, 4.69) is 24.0 Å². The molecule has 0 aliphatic carbocycles. The van der Waals surface area contributed by atoms with E-state index in [0.717, 1.165) is 32.6 Å². The van der Waals surface area contributed by atoms with Crippen molar-refractivity contribution in [3.05, 3.63) is 57.5 Å². The van der Waals surface area contributed by atoms with Crippen molar-refractivity contribution in [2.75, 3.05) is 19.6 Å². The predicted molar refractivity (Wildman–Crippen MR) is 93.7 cm³/mol. The molecular formula is C19H21FN2OS. The van der Waals surface area contributed by atoms with E-state index in [1.54, 1.807) is 12.1 Å². The second-order valence-electron chi connectivity index (χ2n) is 6.92. The summed E-state index contributed by atoms with van der Waals surface area (Å²) in [6, 6.07) is 10.8. The standard InChI is InChI=1S/C19H21FN2OS/c1-13-5-6-18(24-13)12-21-9-14-7-17(21)11-22(10-14)19(23)15-3-2-4-16(20)8-15/h2-6,8,14,17H,7,9-12H2,1H3/t14-,17+/m1/s1. The van der Waals surface area contributed by atoms with E-state index in [1.165, 1.54) is 21.9 Å². The van der Waals surface area contributed by atoms with Crippen LogP contribution in [0.15, 0.2) is 36.4 Å². The molecule has 2 aliphatic rings. The van der Waals surface area contributed by atoms with E-state index >= 15 is 0 Å². The number of hydrogen-bond acceptors (Lipinski definition) is 3. The fourth-order valence-electron chi connectivity index (χ4n) is 3.99. The summed E-state index contributed by atoms with van der Waals surface area (Å²) >= 11 is 1.85. The van der Waals surface area contributed by atoms with E-state index in [0.29, 0.717) is 17.5 Å². The molecule has 2 fully saturated rings. The maximum Gasteiger partial charge on any atom is 0.254 e. The fourth-order valence-corrected chi connectivity index (χ4v) is 4.90. The molecule has 0 spiro atoms. The van der Waals surface area contributed by atoms with Crippen LogP contribution in [0.4, 0.5) is 4.39 Å². The Kier molecular flexibility index (Phi) is 4.14. The molecule has 3 nitrogen and oxygen atoms in total. The maximum absolute atomic E-state index is 13.4. The highest BCUT2D eigenvalue weighted by Gasteiger charge is 2.40. The number of halogens is 1. The van der Waals surface area contributed by atoms with Crippen LogP contribution in [0.3, 0.4) is 0 Å². The van der Waals surface area contributed by atoms with Crippen molar-refractivity contribution in [3.63, 3.8) is 0 Å². The summed E-state index contributed by atoms with van der Waals surface area (Å²) in [5.41, 5.74) is 0.455. The number of hydrogen-bond donors (Lipinski definition) is 0. The van der Waals surface area contributed by atoms with Crippen molar-refractivity contribution in [2.24, 2.45) is 5.92 Å². The van der Waals surface area contributed by atoms with Crippen LogP contribution in [-0.2, 0) is 6.54 Å². The summed E-state index contributed by atoms with van der Waals surface area (Å²) in [6.45, 7) is 5.69. The molecule has 24 heavy (non-hydrogen) atoms. The molecule has 2 aromatic rings. The number of piperidine rings is 1. The largest absolute Gasteiger partial charge is 0.337 e. The Morgan fingerprint density at radius 1 is 1.25 bits per heavy atom. The lowest BCUT2D eigenvalue weighted by molar-refractivity contribution is 0.0667. The molecule has 1 aromatic carbocycles. The van der Waals surface area contributed by atoms with Crippen LogP contribution in [0.5, 0.6) is 0 Å². The highest BCUT2D eigenvalue weighted by Crippen LogP contribution is 2.32. The molecule has 5 heteroatoms. The Bertz CT molecular complexity index is 759. The first-order chi connectivity index (χ1) is 11.6. The van der Waals surface area contributed by atoms with Gasteiger partial charge in [0.15, 0.2) is 0 Å². The monoisotopic (exact) mass is 344 g/mol. The molecule has 2 aliphatic heterocycles. The quantitative estimate of drug-likeness (QED) is 0.850. The van der Waals surface area contributed by atoms with Crippen LogP contribution in [0, 0.1) is 18.7 Å². The molecule has 0 radical (unpaired) electrons. The lowest BCUT2D eigenvalue weighted by Gasteiger charge is -2.33. The summed E-state index contributed by atoms with van der Waals surface area (Å²) in [5, 5.41) is 0. The number of thiophene rings is 1. The van der Waals surface area contributed by atoms with Gasteiger partial charge in [-0.05, 0) is 49.6 Å². The molecular weight excluding hydrogens is 323 g/mol.